The monoisotopic (exact) mass is 447 g/mol. The molecule has 1 atom stereocenters. The Bertz CT molecular complexity index is 1010. The number of aromatic nitrogens is 1. The summed E-state index contributed by atoms with van der Waals surface area (Å²) in [6, 6.07) is 5.30. The topological polar surface area (TPSA) is 34.6 Å². The molecular weight excluding hydrogens is 431 g/mol. The second-order valence-electron chi connectivity index (χ2n) is 8.69. The molecule has 31 heavy (non-hydrogen) atoms. The fraction of sp³-hybridized carbons (Fsp3) is 0.476. The predicted octanol–water partition coefficient (Wildman–Crippen LogP) is 5.28. The third-order valence-corrected chi connectivity index (χ3v) is 6.74. The molecule has 4 aliphatic rings. The summed E-state index contributed by atoms with van der Waals surface area (Å²) in [4.78, 5) is 3.85. The first-order valence-corrected chi connectivity index (χ1v) is 9.56. The quantitative estimate of drug-likeness (QED) is 0.446. The van der Waals surface area contributed by atoms with E-state index < -0.39 is 46.8 Å². The minimum absolute atomic E-state index is 0.116. The maximum atomic E-state index is 15.5. The van der Waals surface area contributed by atoms with Crippen molar-refractivity contribution in [1.82, 2.24) is 4.98 Å². The normalized spacial score (nSPS) is 31.6. The number of rotatable bonds is 6. The number of halogens is 7. The number of pyridine rings is 1. The van der Waals surface area contributed by atoms with E-state index in [1.807, 2.05) is 0 Å². The average molecular weight is 447 g/mol. The molecule has 2 aromatic rings. The summed E-state index contributed by atoms with van der Waals surface area (Å²) in [5, 5.41) is 0. The highest BCUT2D eigenvalue weighted by atomic mass is 19.4. The third kappa shape index (κ3) is 2.86. The third-order valence-electron chi connectivity index (χ3n) is 6.74. The van der Waals surface area contributed by atoms with Crippen molar-refractivity contribution in [2.75, 3.05) is 13.2 Å². The lowest BCUT2D eigenvalue weighted by Gasteiger charge is -2.73. The summed E-state index contributed by atoms with van der Waals surface area (Å²) in [5.41, 5.74) is -3.74. The minimum Gasteiger partial charge on any atom is -0.468 e. The molecule has 2 heterocycles. The van der Waals surface area contributed by atoms with Crippen molar-refractivity contribution in [2.24, 2.45) is 5.41 Å². The van der Waals surface area contributed by atoms with E-state index in [1.165, 1.54) is 18.3 Å². The molecule has 166 valence electrons. The number of ether oxygens (including phenoxy) is 2. The van der Waals surface area contributed by atoms with Gasteiger partial charge in [0.05, 0.1) is 6.61 Å². The highest BCUT2D eigenvalue weighted by molar-refractivity contribution is 5.44. The van der Waals surface area contributed by atoms with Gasteiger partial charge in [0.2, 0.25) is 5.88 Å². The number of epoxide rings is 1. The van der Waals surface area contributed by atoms with Gasteiger partial charge >= 0.3 is 6.18 Å². The van der Waals surface area contributed by atoms with Crippen molar-refractivity contribution >= 4 is 0 Å². The molecule has 0 spiro atoms. The smallest absolute Gasteiger partial charge is 0.422 e. The highest BCUT2D eigenvalue weighted by Crippen LogP contribution is 2.81. The van der Waals surface area contributed by atoms with E-state index in [4.69, 9.17) is 4.74 Å². The maximum absolute atomic E-state index is 15.5. The average Bonchev–Trinajstić information content (AvgIpc) is 3.40. The van der Waals surface area contributed by atoms with Crippen molar-refractivity contribution in [3.8, 4) is 5.88 Å². The lowest BCUT2D eigenvalue weighted by atomic mass is 9.31. The van der Waals surface area contributed by atoms with Crippen molar-refractivity contribution in [3.05, 3.63) is 59.3 Å². The van der Waals surface area contributed by atoms with E-state index in [1.54, 1.807) is 0 Å². The van der Waals surface area contributed by atoms with Gasteiger partial charge in [-0.1, -0.05) is 6.07 Å². The van der Waals surface area contributed by atoms with Gasteiger partial charge in [0.15, 0.2) is 12.2 Å². The molecule has 1 aliphatic heterocycles. The molecule has 3 saturated carbocycles. The summed E-state index contributed by atoms with van der Waals surface area (Å²) in [7, 11) is 0. The standard InChI is InChI=1S/C21H16F7NO2/c22-13-2-3-14(15(23)5-13)19(10-31-19)21(27,28)18-7-17(8-18,9-18)12-1-4-16(29-6-12)30-11-20(24,25)26/h1-6H,7-11H2. The first-order valence-electron chi connectivity index (χ1n) is 9.56. The maximum Gasteiger partial charge on any atom is 0.422 e. The molecule has 0 amide bonds. The Morgan fingerprint density at radius 1 is 1.00 bits per heavy atom. The van der Waals surface area contributed by atoms with Gasteiger partial charge in [-0.15, -0.1) is 0 Å². The van der Waals surface area contributed by atoms with Crippen LogP contribution in [-0.2, 0) is 15.8 Å². The van der Waals surface area contributed by atoms with Gasteiger partial charge in [0.1, 0.15) is 11.6 Å². The second kappa shape index (κ2) is 6.11. The fourth-order valence-corrected chi connectivity index (χ4v) is 5.19. The number of nitrogens with zero attached hydrogens (tertiary/aromatic N) is 1. The van der Waals surface area contributed by atoms with Crippen LogP contribution in [0.3, 0.4) is 0 Å². The van der Waals surface area contributed by atoms with Crippen LogP contribution in [0.5, 0.6) is 5.88 Å². The SMILES string of the molecule is Fc1ccc(C2(C(F)(F)C34CC(c5ccc(OCC(F)(F)F)nc5)(C3)C4)CO2)c(F)c1. The molecule has 6 rings (SSSR count). The molecule has 2 bridgehead atoms. The van der Waals surface area contributed by atoms with Crippen LogP contribution in [0.25, 0.3) is 0 Å². The molecule has 10 heteroatoms. The Morgan fingerprint density at radius 2 is 1.68 bits per heavy atom. The molecule has 1 aromatic heterocycles. The fourth-order valence-electron chi connectivity index (χ4n) is 5.19. The van der Waals surface area contributed by atoms with E-state index in [0.717, 1.165) is 12.1 Å². The first kappa shape index (κ1) is 20.5. The van der Waals surface area contributed by atoms with Crippen LogP contribution < -0.4 is 4.74 Å². The molecular formula is C21H16F7NO2. The van der Waals surface area contributed by atoms with E-state index in [-0.39, 0.29) is 37.3 Å². The minimum atomic E-state index is -4.49. The highest BCUT2D eigenvalue weighted by Gasteiger charge is 2.85. The molecule has 1 aromatic carbocycles. The van der Waals surface area contributed by atoms with Crippen molar-refractivity contribution in [3.63, 3.8) is 0 Å². The number of benzene rings is 1. The van der Waals surface area contributed by atoms with Gasteiger partial charge in [-0.2, -0.15) is 13.2 Å². The van der Waals surface area contributed by atoms with Crippen LogP contribution in [0.2, 0.25) is 0 Å². The largest absolute Gasteiger partial charge is 0.468 e. The van der Waals surface area contributed by atoms with Gasteiger partial charge in [-0.25, -0.2) is 22.5 Å². The summed E-state index contributed by atoms with van der Waals surface area (Å²) >= 11 is 0. The summed E-state index contributed by atoms with van der Waals surface area (Å²) < 4.78 is 105. The molecule has 0 N–H and O–H groups in total. The summed E-state index contributed by atoms with van der Waals surface area (Å²) in [6.07, 6.45) is -2.80. The Hall–Kier alpha value is -2.36. The molecule has 1 saturated heterocycles. The Kier molecular flexibility index (Phi) is 4.05. The van der Waals surface area contributed by atoms with Crippen LogP contribution in [0.1, 0.15) is 30.4 Å². The van der Waals surface area contributed by atoms with Crippen LogP contribution in [0.4, 0.5) is 30.7 Å². The Labute approximate surface area is 172 Å². The van der Waals surface area contributed by atoms with E-state index in [2.05, 4.69) is 9.72 Å². The lowest BCUT2D eigenvalue weighted by Crippen LogP contribution is -2.74. The second-order valence-corrected chi connectivity index (χ2v) is 8.69. The Balaban J connectivity index is 1.31. The van der Waals surface area contributed by atoms with Crippen LogP contribution in [0.15, 0.2) is 36.5 Å². The zero-order valence-corrected chi connectivity index (χ0v) is 15.9. The first-order chi connectivity index (χ1) is 14.4. The van der Waals surface area contributed by atoms with Gasteiger partial charge in [-0.3, -0.25) is 0 Å². The number of hydrogen-bond acceptors (Lipinski definition) is 3. The van der Waals surface area contributed by atoms with E-state index in [0.29, 0.717) is 11.6 Å². The molecule has 1 unspecified atom stereocenters. The van der Waals surface area contributed by atoms with Crippen molar-refractivity contribution in [1.29, 1.82) is 0 Å². The number of hydrogen-bond donors (Lipinski definition) is 0. The van der Waals surface area contributed by atoms with Crippen molar-refractivity contribution in [2.45, 2.75) is 42.4 Å². The molecule has 3 nitrogen and oxygen atoms in total. The van der Waals surface area contributed by atoms with Crippen molar-refractivity contribution < 1.29 is 40.2 Å². The van der Waals surface area contributed by atoms with Crippen LogP contribution >= 0.6 is 0 Å². The van der Waals surface area contributed by atoms with E-state index >= 15 is 8.78 Å². The van der Waals surface area contributed by atoms with Gasteiger partial charge in [0, 0.05) is 29.3 Å². The zero-order chi connectivity index (χ0) is 22.3. The van der Waals surface area contributed by atoms with Crippen LogP contribution in [-0.4, -0.2) is 30.3 Å². The van der Waals surface area contributed by atoms with Crippen LogP contribution in [0, 0.1) is 17.0 Å². The lowest BCUT2D eigenvalue weighted by molar-refractivity contribution is -0.306. The van der Waals surface area contributed by atoms with Gasteiger partial charge < -0.3 is 9.47 Å². The van der Waals surface area contributed by atoms with Gasteiger partial charge in [-0.05, 0) is 42.4 Å². The van der Waals surface area contributed by atoms with Gasteiger partial charge in [0.25, 0.3) is 5.92 Å². The molecule has 0 radical (unpaired) electrons. The molecule has 4 fully saturated rings. The predicted molar refractivity (Wildman–Crippen MR) is 92.7 cm³/mol. The number of alkyl halides is 5. The summed E-state index contributed by atoms with van der Waals surface area (Å²) in [6.45, 7) is -1.83. The zero-order valence-electron chi connectivity index (χ0n) is 15.9. The van der Waals surface area contributed by atoms with E-state index in [9.17, 15) is 22.0 Å². The summed E-state index contributed by atoms with van der Waals surface area (Å²) in [5.74, 6) is -5.51. The Morgan fingerprint density at radius 3 is 2.19 bits per heavy atom. The molecule has 3 aliphatic carbocycles.